The number of nitrogens with zero attached hydrogens (tertiary/aromatic N) is 1. The van der Waals surface area contributed by atoms with E-state index in [-0.39, 0.29) is 11.8 Å². The third-order valence-corrected chi connectivity index (χ3v) is 5.57. The van der Waals surface area contributed by atoms with E-state index in [9.17, 15) is 13.2 Å². The SMILES string of the molecule is C[C@@H](C(=O)Nc1cccc2c1CCN2S(C)(=O)=O)C1CC1. The van der Waals surface area contributed by atoms with E-state index in [1.54, 1.807) is 12.1 Å². The van der Waals surface area contributed by atoms with E-state index in [0.29, 0.717) is 24.6 Å². The summed E-state index contributed by atoms with van der Waals surface area (Å²) in [7, 11) is -3.26. The summed E-state index contributed by atoms with van der Waals surface area (Å²) in [6.45, 7) is 2.40. The quantitative estimate of drug-likeness (QED) is 0.925. The van der Waals surface area contributed by atoms with Crippen molar-refractivity contribution in [2.24, 2.45) is 11.8 Å². The van der Waals surface area contributed by atoms with E-state index >= 15 is 0 Å². The van der Waals surface area contributed by atoms with Gasteiger partial charge in [0.05, 0.1) is 11.9 Å². The molecule has 1 amide bonds. The van der Waals surface area contributed by atoms with E-state index in [1.165, 1.54) is 10.6 Å². The summed E-state index contributed by atoms with van der Waals surface area (Å²) in [5, 5.41) is 2.97. The molecule has 3 rings (SSSR count). The average molecular weight is 308 g/mol. The Kier molecular flexibility index (Phi) is 3.43. The zero-order valence-corrected chi connectivity index (χ0v) is 13.1. The van der Waals surface area contributed by atoms with E-state index in [0.717, 1.165) is 24.1 Å². The van der Waals surface area contributed by atoms with Crippen molar-refractivity contribution in [3.63, 3.8) is 0 Å². The molecule has 6 heteroatoms. The van der Waals surface area contributed by atoms with Crippen LogP contribution >= 0.6 is 0 Å². The van der Waals surface area contributed by atoms with Crippen molar-refractivity contribution >= 4 is 27.3 Å². The number of amides is 1. The standard InChI is InChI=1S/C15H20N2O3S/c1-10(11-6-7-11)15(18)16-13-4-3-5-14-12(13)8-9-17(14)21(2,19)20/h3-5,10-11H,6-9H2,1-2H3,(H,16,18)/t10-/m1/s1. The predicted octanol–water partition coefficient (Wildman–Crippen LogP) is 1.99. The molecule has 1 N–H and O–H groups in total. The highest BCUT2D eigenvalue weighted by molar-refractivity contribution is 7.92. The lowest BCUT2D eigenvalue weighted by Gasteiger charge is -2.17. The van der Waals surface area contributed by atoms with Crippen LogP contribution in [0.3, 0.4) is 0 Å². The lowest BCUT2D eigenvalue weighted by atomic mass is 10.0. The van der Waals surface area contributed by atoms with Gasteiger partial charge in [-0.1, -0.05) is 13.0 Å². The molecular formula is C15H20N2O3S. The molecule has 1 saturated carbocycles. The van der Waals surface area contributed by atoms with Crippen LogP contribution in [-0.2, 0) is 21.2 Å². The van der Waals surface area contributed by atoms with Crippen LogP contribution < -0.4 is 9.62 Å². The topological polar surface area (TPSA) is 66.5 Å². The molecule has 5 nitrogen and oxygen atoms in total. The largest absolute Gasteiger partial charge is 0.326 e. The van der Waals surface area contributed by atoms with Gasteiger partial charge in [-0.2, -0.15) is 0 Å². The number of rotatable bonds is 4. The van der Waals surface area contributed by atoms with E-state index in [4.69, 9.17) is 0 Å². The van der Waals surface area contributed by atoms with Crippen LogP contribution in [0.2, 0.25) is 0 Å². The van der Waals surface area contributed by atoms with Gasteiger partial charge in [0.15, 0.2) is 0 Å². The molecule has 0 spiro atoms. The molecular weight excluding hydrogens is 288 g/mol. The smallest absolute Gasteiger partial charge is 0.232 e. The second-order valence-corrected chi connectivity index (χ2v) is 7.91. The molecule has 1 heterocycles. The van der Waals surface area contributed by atoms with Crippen LogP contribution in [0.4, 0.5) is 11.4 Å². The van der Waals surface area contributed by atoms with E-state index < -0.39 is 10.0 Å². The first-order valence-corrected chi connectivity index (χ1v) is 9.13. The van der Waals surface area contributed by atoms with Gasteiger partial charge in [0.25, 0.3) is 0 Å². The molecule has 0 unspecified atom stereocenters. The zero-order chi connectivity index (χ0) is 15.2. The second kappa shape index (κ2) is 5.02. The Bertz CT molecular complexity index is 680. The van der Waals surface area contributed by atoms with Crippen molar-refractivity contribution in [1.82, 2.24) is 0 Å². The minimum Gasteiger partial charge on any atom is -0.326 e. The number of anilines is 2. The maximum absolute atomic E-state index is 12.2. The second-order valence-electron chi connectivity index (χ2n) is 6.00. The van der Waals surface area contributed by atoms with Crippen molar-refractivity contribution in [3.05, 3.63) is 23.8 Å². The van der Waals surface area contributed by atoms with Crippen LogP contribution in [-0.4, -0.2) is 27.1 Å². The van der Waals surface area contributed by atoms with Crippen LogP contribution in [0.15, 0.2) is 18.2 Å². The molecule has 0 saturated heterocycles. The number of hydrogen-bond donors (Lipinski definition) is 1. The van der Waals surface area contributed by atoms with Gasteiger partial charge in [0.1, 0.15) is 0 Å². The highest BCUT2D eigenvalue weighted by atomic mass is 32.2. The van der Waals surface area contributed by atoms with Crippen LogP contribution in [0.1, 0.15) is 25.3 Å². The Hall–Kier alpha value is -1.56. The summed E-state index contributed by atoms with van der Waals surface area (Å²) in [6, 6.07) is 5.44. The maximum atomic E-state index is 12.2. The van der Waals surface area contributed by atoms with E-state index in [2.05, 4.69) is 5.32 Å². The summed E-state index contributed by atoms with van der Waals surface area (Å²) in [6.07, 6.45) is 4.10. The molecule has 0 aromatic heterocycles. The average Bonchev–Trinajstić information content (AvgIpc) is 3.15. The molecule has 1 aromatic rings. The summed E-state index contributed by atoms with van der Waals surface area (Å²) in [5.41, 5.74) is 2.35. The van der Waals surface area contributed by atoms with Gasteiger partial charge in [-0.15, -0.1) is 0 Å². The van der Waals surface area contributed by atoms with Crippen molar-refractivity contribution in [2.45, 2.75) is 26.2 Å². The van der Waals surface area contributed by atoms with Gasteiger partial charge in [0.2, 0.25) is 15.9 Å². The fourth-order valence-corrected chi connectivity index (χ4v) is 3.87. The first kappa shape index (κ1) is 14.4. The summed E-state index contributed by atoms with van der Waals surface area (Å²) >= 11 is 0. The third kappa shape index (κ3) is 2.77. The summed E-state index contributed by atoms with van der Waals surface area (Å²) in [4.78, 5) is 12.2. The minimum absolute atomic E-state index is 0.0215. The number of nitrogens with one attached hydrogen (secondary N) is 1. The van der Waals surface area contributed by atoms with Gasteiger partial charge in [-0.3, -0.25) is 9.10 Å². The molecule has 114 valence electrons. The van der Waals surface area contributed by atoms with Crippen LogP contribution in [0.25, 0.3) is 0 Å². The molecule has 1 aliphatic heterocycles. The summed E-state index contributed by atoms with van der Waals surface area (Å²) < 4.78 is 25.0. The number of sulfonamides is 1. The fraction of sp³-hybridized carbons (Fsp3) is 0.533. The molecule has 1 fully saturated rings. The lowest BCUT2D eigenvalue weighted by molar-refractivity contribution is -0.119. The molecule has 2 aliphatic rings. The first-order chi connectivity index (χ1) is 9.88. The van der Waals surface area contributed by atoms with Crippen molar-refractivity contribution in [2.75, 3.05) is 22.4 Å². The Balaban J connectivity index is 1.85. The van der Waals surface area contributed by atoms with Crippen molar-refractivity contribution in [3.8, 4) is 0 Å². The Morgan fingerprint density at radius 2 is 2.10 bits per heavy atom. The van der Waals surface area contributed by atoms with Gasteiger partial charge < -0.3 is 5.32 Å². The van der Waals surface area contributed by atoms with Crippen molar-refractivity contribution < 1.29 is 13.2 Å². The zero-order valence-electron chi connectivity index (χ0n) is 12.3. The molecule has 21 heavy (non-hydrogen) atoms. The summed E-state index contributed by atoms with van der Waals surface area (Å²) in [5.74, 6) is 0.561. The number of carbonyl (C=O) groups excluding carboxylic acids is 1. The lowest BCUT2D eigenvalue weighted by Crippen LogP contribution is -2.27. The van der Waals surface area contributed by atoms with Gasteiger partial charge in [0, 0.05) is 23.7 Å². The molecule has 1 atom stereocenters. The number of fused-ring (bicyclic) bond motifs is 1. The molecule has 0 bridgehead atoms. The van der Waals surface area contributed by atoms with Crippen molar-refractivity contribution in [1.29, 1.82) is 0 Å². The monoisotopic (exact) mass is 308 g/mol. The highest BCUT2D eigenvalue weighted by Crippen LogP contribution is 2.38. The highest BCUT2D eigenvalue weighted by Gasteiger charge is 2.33. The number of benzene rings is 1. The number of hydrogen-bond acceptors (Lipinski definition) is 3. The molecule has 1 aliphatic carbocycles. The predicted molar refractivity (Wildman–Crippen MR) is 82.9 cm³/mol. The molecule has 0 radical (unpaired) electrons. The fourth-order valence-electron chi connectivity index (χ4n) is 2.92. The van der Waals surface area contributed by atoms with Crippen LogP contribution in [0, 0.1) is 11.8 Å². The van der Waals surface area contributed by atoms with Gasteiger partial charge in [-0.05, 0) is 37.3 Å². The Morgan fingerprint density at radius 3 is 2.71 bits per heavy atom. The van der Waals surface area contributed by atoms with Gasteiger partial charge >= 0.3 is 0 Å². The maximum Gasteiger partial charge on any atom is 0.232 e. The Morgan fingerprint density at radius 1 is 1.38 bits per heavy atom. The molecule has 1 aromatic carbocycles. The minimum atomic E-state index is -3.26. The van der Waals surface area contributed by atoms with Gasteiger partial charge in [-0.25, -0.2) is 8.42 Å². The first-order valence-electron chi connectivity index (χ1n) is 7.28. The number of carbonyl (C=O) groups is 1. The third-order valence-electron chi connectivity index (χ3n) is 4.39. The normalized spacial score (nSPS) is 19.2. The van der Waals surface area contributed by atoms with Crippen LogP contribution in [0.5, 0.6) is 0 Å². The Labute approximate surface area is 125 Å². The van der Waals surface area contributed by atoms with E-state index in [1.807, 2.05) is 13.0 Å².